The van der Waals surface area contributed by atoms with Gasteiger partial charge in [-0.3, -0.25) is 4.79 Å². The van der Waals surface area contributed by atoms with Crippen LogP contribution < -0.4 is 11.2 Å². The normalized spacial score (nSPS) is 11.1. The molecule has 152 valence electrons. The molecule has 4 aromatic rings. The lowest BCUT2D eigenvalue weighted by Gasteiger charge is -2.09. The third-order valence-electron chi connectivity index (χ3n) is 4.36. The number of carboxylic acids is 1. The summed E-state index contributed by atoms with van der Waals surface area (Å²) >= 11 is 8.34. The van der Waals surface area contributed by atoms with Crippen molar-refractivity contribution in [2.75, 3.05) is 0 Å². The first kappa shape index (κ1) is 20.4. The maximum absolute atomic E-state index is 14.6. The van der Waals surface area contributed by atoms with Crippen molar-refractivity contribution in [3.63, 3.8) is 0 Å². The number of nitrogens with one attached hydrogen (secondary N) is 1. The topological polar surface area (TPSA) is 92.2 Å². The molecule has 0 aliphatic rings. The van der Waals surface area contributed by atoms with Crippen molar-refractivity contribution in [3.8, 4) is 5.69 Å². The molecule has 0 fully saturated rings. The monoisotopic (exact) mass is 462 g/mol. The maximum atomic E-state index is 14.6. The second-order valence-corrected chi connectivity index (χ2v) is 8.56. The van der Waals surface area contributed by atoms with Gasteiger partial charge in [-0.1, -0.05) is 29.8 Å². The SMILES string of the molecule is O=C(O)c1scc2[nH]c(=O)n(-c3cc(SCc4ccccc4Cl)ccc3F)c(=O)c12. The Labute approximate surface area is 181 Å². The van der Waals surface area contributed by atoms with Crippen molar-refractivity contribution >= 4 is 51.6 Å². The Morgan fingerprint density at radius 3 is 2.73 bits per heavy atom. The highest BCUT2D eigenvalue weighted by Gasteiger charge is 2.20. The van der Waals surface area contributed by atoms with E-state index in [1.54, 1.807) is 6.07 Å². The molecular weight excluding hydrogens is 451 g/mol. The van der Waals surface area contributed by atoms with Crippen molar-refractivity contribution in [3.05, 3.63) is 90.0 Å². The van der Waals surface area contributed by atoms with Gasteiger partial charge in [-0.2, -0.15) is 0 Å². The molecule has 0 amide bonds. The van der Waals surface area contributed by atoms with Crippen molar-refractivity contribution in [1.29, 1.82) is 0 Å². The van der Waals surface area contributed by atoms with Gasteiger partial charge in [0.1, 0.15) is 10.7 Å². The predicted octanol–water partition coefficient (Wildman–Crippen LogP) is 4.52. The third-order valence-corrected chi connectivity index (χ3v) is 6.74. The molecule has 30 heavy (non-hydrogen) atoms. The van der Waals surface area contributed by atoms with Crippen LogP contribution in [0, 0.1) is 5.82 Å². The number of fused-ring (bicyclic) bond motifs is 1. The highest BCUT2D eigenvalue weighted by Crippen LogP contribution is 2.29. The third kappa shape index (κ3) is 3.67. The van der Waals surface area contributed by atoms with Crippen LogP contribution in [0.3, 0.4) is 0 Å². The number of carbonyl (C=O) groups is 1. The molecule has 2 heterocycles. The van der Waals surface area contributed by atoms with E-state index in [1.165, 1.54) is 29.3 Å². The van der Waals surface area contributed by atoms with Crippen molar-refractivity contribution in [2.24, 2.45) is 0 Å². The fourth-order valence-corrected chi connectivity index (χ4v) is 4.99. The van der Waals surface area contributed by atoms with Gasteiger partial charge in [0.15, 0.2) is 0 Å². The Morgan fingerprint density at radius 2 is 2.00 bits per heavy atom. The first-order valence-corrected chi connectivity index (χ1v) is 10.8. The first-order valence-electron chi connectivity index (χ1n) is 8.53. The molecule has 0 radical (unpaired) electrons. The van der Waals surface area contributed by atoms with Crippen LogP contribution in [0.25, 0.3) is 16.6 Å². The van der Waals surface area contributed by atoms with Crippen LogP contribution in [0.2, 0.25) is 5.02 Å². The van der Waals surface area contributed by atoms with E-state index >= 15 is 0 Å². The number of hydrogen-bond donors (Lipinski definition) is 2. The van der Waals surface area contributed by atoms with Gasteiger partial charge in [-0.25, -0.2) is 18.5 Å². The minimum Gasteiger partial charge on any atom is -0.477 e. The van der Waals surface area contributed by atoms with E-state index in [9.17, 15) is 23.9 Å². The number of aromatic amines is 1. The van der Waals surface area contributed by atoms with Crippen LogP contribution in [0.15, 0.2) is 62.3 Å². The molecule has 0 bridgehead atoms. The molecule has 4 rings (SSSR count). The molecule has 0 saturated heterocycles. The molecule has 0 aliphatic carbocycles. The summed E-state index contributed by atoms with van der Waals surface area (Å²) in [6.45, 7) is 0. The molecule has 0 atom stereocenters. The Morgan fingerprint density at radius 1 is 1.23 bits per heavy atom. The summed E-state index contributed by atoms with van der Waals surface area (Å²) in [4.78, 5) is 39.7. The van der Waals surface area contributed by atoms with Gasteiger partial charge in [0, 0.05) is 21.1 Å². The van der Waals surface area contributed by atoms with E-state index in [2.05, 4.69) is 4.98 Å². The van der Waals surface area contributed by atoms with E-state index < -0.39 is 23.0 Å². The molecule has 10 heteroatoms. The highest BCUT2D eigenvalue weighted by molar-refractivity contribution is 7.98. The maximum Gasteiger partial charge on any atom is 0.346 e. The molecule has 0 unspecified atom stereocenters. The number of hydrogen-bond acceptors (Lipinski definition) is 5. The summed E-state index contributed by atoms with van der Waals surface area (Å²) in [6.07, 6.45) is 0. The number of H-pyrrole nitrogens is 1. The Kier molecular flexibility index (Phi) is 5.50. The second kappa shape index (κ2) is 8.10. The minimum atomic E-state index is -1.30. The quantitative estimate of drug-likeness (QED) is 0.425. The zero-order chi connectivity index (χ0) is 21.4. The van der Waals surface area contributed by atoms with Crippen molar-refractivity contribution in [1.82, 2.24) is 9.55 Å². The van der Waals surface area contributed by atoms with Gasteiger partial charge < -0.3 is 10.1 Å². The number of aromatic nitrogens is 2. The van der Waals surface area contributed by atoms with Crippen LogP contribution in [0.5, 0.6) is 0 Å². The Bertz CT molecular complexity index is 1410. The van der Waals surface area contributed by atoms with Crippen LogP contribution in [-0.2, 0) is 5.75 Å². The lowest BCUT2D eigenvalue weighted by Crippen LogP contribution is -2.34. The van der Waals surface area contributed by atoms with E-state index in [0.29, 0.717) is 20.2 Å². The van der Waals surface area contributed by atoms with Crippen LogP contribution in [-0.4, -0.2) is 20.6 Å². The second-order valence-electron chi connectivity index (χ2n) is 6.22. The molecule has 0 saturated carbocycles. The summed E-state index contributed by atoms with van der Waals surface area (Å²) in [6, 6.07) is 11.4. The standard InChI is InChI=1S/C20H12ClFN2O4S2/c21-12-4-2-1-3-10(12)8-29-11-5-6-13(22)15(7-11)24-18(25)16-14(23-20(24)28)9-30-17(16)19(26)27/h1-7,9H,8H2,(H,23,28)(H,26,27). The summed E-state index contributed by atoms with van der Waals surface area (Å²) in [5.41, 5.74) is -1.01. The van der Waals surface area contributed by atoms with Crippen LogP contribution in [0.4, 0.5) is 4.39 Å². The van der Waals surface area contributed by atoms with E-state index in [0.717, 1.165) is 23.0 Å². The number of halogens is 2. The Balaban J connectivity index is 1.80. The average Bonchev–Trinajstić information content (AvgIpc) is 3.13. The number of carboxylic acid groups (broad SMARTS) is 1. The molecule has 2 aromatic heterocycles. The van der Waals surface area contributed by atoms with Crippen LogP contribution >= 0.6 is 34.7 Å². The van der Waals surface area contributed by atoms with Crippen molar-refractivity contribution in [2.45, 2.75) is 10.6 Å². The fraction of sp³-hybridized carbons (Fsp3) is 0.0500. The number of rotatable bonds is 5. The predicted molar refractivity (Wildman–Crippen MR) is 116 cm³/mol. The Hall–Kier alpha value is -2.88. The minimum absolute atomic E-state index is 0.105. The lowest BCUT2D eigenvalue weighted by atomic mass is 10.2. The van der Waals surface area contributed by atoms with Gasteiger partial charge in [-0.15, -0.1) is 23.1 Å². The average molecular weight is 463 g/mol. The summed E-state index contributed by atoms with van der Waals surface area (Å²) in [5.74, 6) is -1.57. The van der Waals surface area contributed by atoms with Gasteiger partial charge in [0.25, 0.3) is 5.56 Å². The summed E-state index contributed by atoms with van der Waals surface area (Å²) in [7, 11) is 0. The first-order chi connectivity index (χ1) is 14.4. The van der Waals surface area contributed by atoms with Gasteiger partial charge >= 0.3 is 11.7 Å². The van der Waals surface area contributed by atoms with E-state index in [-0.39, 0.29) is 21.5 Å². The largest absolute Gasteiger partial charge is 0.477 e. The van der Waals surface area contributed by atoms with Gasteiger partial charge in [0.2, 0.25) is 0 Å². The molecule has 2 N–H and O–H groups in total. The number of thioether (sulfide) groups is 1. The highest BCUT2D eigenvalue weighted by atomic mass is 35.5. The molecule has 0 aliphatic heterocycles. The summed E-state index contributed by atoms with van der Waals surface area (Å²) in [5, 5.41) is 11.1. The molecule has 0 spiro atoms. The number of benzene rings is 2. The van der Waals surface area contributed by atoms with E-state index in [4.69, 9.17) is 11.6 Å². The number of thiophene rings is 1. The number of aromatic carboxylic acids is 1. The van der Waals surface area contributed by atoms with Gasteiger partial charge in [-0.05, 0) is 29.8 Å². The molecule has 6 nitrogen and oxygen atoms in total. The molecular formula is C20H12ClFN2O4S2. The fourth-order valence-electron chi connectivity index (χ4n) is 2.94. The number of nitrogens with zero attached hydrogens (tertiary/aromatic N) is 1. The molecule has 2 aromatic carbocycles. The van der Waals surface area contributed by atoms with Crippen LogP contribution in [0.1, 0.15) is 15.2 Å². The zero-order valence-corrected chi connectivity index (χ0v) is 17.4. The van der Waals surface area contributed by atoms with E-state index in [1.807, 2.05) is 18.2 Å². The van der Waals surface area contributed by atoms with Crippen molar-refractivity contribution < 1.29 is 14.3 Å². The zero-order valence-electron chi connectivity index (χ0n) is 15.0. The lowest BCUT2D eigenvalue weighted by molar-refractivity contribution is 0.0704. The summed E-state index contributed by atoms with van der Waals surface area (Å²) < 4.78 is 15.2. The smallest absolute Gasteiger partial charge is 0.346 e. The van der Waals surface area contributed by atoms with Gasteiger partial charge in [0.05, 0.1) is 16.6 Å².